The summed E-state index contributed by atoms with van der Waals surface area (Å²) in [6, 6.07) is 16.9. The number of thioether (sulfide) groups is 1. The molecule has 4 nitrogen and oxygen atoms in total. The second-order valence-corrected chi connectivity index (χ2v) is 11.3. The standard InChI is InChI=1S/C24H22BrN4S3/c1-3-29-21(14-20-28(11-12-30-20)15-16-7-5-4-6-8-16)32-22(23(29)26)24-27(2)18-10-9-17(25)13-19(18)31-24/h4-14,26H,3,15H2,1-2H3/q+1/b24-22+,26-23?. The predicted octanol–water partition coefficient (Wildman–Crippen LogP) is 4.35. The fourth-order valence-corrected chi connectivity index (χ4v) is 7.68. The molecule has 0 radical (unpaired) electrons. The largest absolute Gasteiger partial charge is 0.337 e. The van der Waals surface area contributed by atoms with E-state index in [0.717, 1.165) is 31.8 Å². The highest BCUT2D eigenvalue weighted by molar-refractivity contribution is 9.10. The maximum Gasteiger partial charge on any atom is 0.264 e. The minimum Gasteiger partial charge on any atom is -0.337 e. The molecule has 3 heterocycles. The average Bonchev–Trinajstić information content (AvgIpc) is 3.45. The van der Waals surface area contributed by atoms with Crippen molar-refractivity contribution in [1.29, 1.82) is 5.41 Å². The minimum absolute atomic E-state index is 0.580. The third-order valence-corrected chi connectivity index (χ3v) is 9.25. The first-order chi connectivity index (χ1) is 15.5. The van der Waals surface area contributed by atoms with Crippen molar-refractivity contribution in [3.63, 3.8) is 0 Å². The van der Waals surface area contributed by atoms with Crippen molar-refractivity contribution in [2.24, 2.45) is 0 Å². The van der Waals surface area contributed by atoms with E-state index < -0.39 is 0 Å². The number of benzene rings is 2. The highest BCUT2D eigenvalue weighted by Crippen LogP contribution is 2.46. The van der Waals surface area contributed by atoms with E-state index in [9.17, 15) is 0 Å². The van der Waals surface area contributed by atoms with Gasteiger partial charge in [0.1, 0.15) is 19.7 Å². The number of rotatable bonds is 4. The van der Waals surface area contributed by atoms with Gasteiger partial charge in [-0.15, -0.1) is 11.3 Å². The third-order valence-electron chi connectivity index (χ3n) is 5.42. The molecule has 1 N–H and O–H groups in total. The summed E-state index contributed by atoms with van der Waals surface area (Å²) >= 11 is 8.76. The molecule has 2 aromatic heterocycles. The summed E-state index contributed by atoms with van der Waals surface area (Å²) in [6.45, 7) is 3.72. The predicted molar refractivity (Wildman–Crippen MR) is 139 cm³/mol. The van der Waals surface area contributed by atoms with E-state index in [0.29, 0.717) is 5.49 Å². The first-order valence-corrected chi connectivity index (χ1v) is 13.6. The Morgan fingerprint density at radius 2 is 1.97 bits per heavy atom. The first kappa shape index (κ1) is 21.7. The average molecular weight is 543 g/mol. The Morgan fingerprint density at radius 3 is 2.75 bits per heavy atom. The molecule has 0 unspecified atom stereocenters. The lowest BCUT2D eigenvalue weighted by Gasteiger charge is -2.12. The molecule has 0 fully saturated rings. The van der Waals surface area contributed by atoms with Gasteiger partial charge in [-0.2, -0.15) is 4.57 Å². The van der Waals surface area contributed by atoms with Gasteiger partial charge in [-0.1, -0.05) is 69.4 Å². The lowest BCUT2D eigenvalue weighted by atomic mass is 10.2. The summed E-state index contributed by atoms with van der Waals surface area (Å²) in [5.74, 6) is 0. The van der Waals surface area contributed by atoms with Crippen LogP contribution in [0.2, 0.25) is 0 Å². The topological polar surface area (TPSA) is 35.9 Å². The smallest absolute Gasteiger partial charge is 0.264 e. The van der Waals surface area contributed by atoms with E-state index in [1.54, 1.807) is 34.4 Å². The Hall–Kier alpha value is -2.13. The summed E-state index contributed by atoms with van der Waals surface area (Å²) in [7, 11) is 2.09. The number of fused-ring (bicyclic) bond motifs is 1. The van der Waals surface area contributed by atoms with E-state index in [1.165, 1.54) is 21.2 Å². The molecule has 5 rings (SSSR count). The molecule has 0 aliphatic carbocycles. The Balaban J connectivity index is 1.61. The summed E-state index contributed by atoms with van der Waals surface area (Å²) < 4.78 is 7.58. The fraction of sp³-hybridized carbons (Fsp3) is 0.167. The van der Waals surface area contributed by atoms with Crippen molar-refractivity contribution in [1.82, 2.24) is 4.57 Å². The van der Waals surface area contributed by atoms with Gasteiger partial charge in [-0.05, 0) is 25.1 Å². The third kappa shape index (κ3) is 4.01. The summed E-state index contributed by atoms with van der Waals surface area (Å²) in [5.41, 5.74) is 3.05. The molecule has 8 heteroatoms. The second-order valence-electron chi connectivity index (χ2n) is 7.44. The van der Waals surface area contributed by atoms with Crippen LogP contribution in [0.3, 0.4) is 0 Å². The molecule has 32 heavy (non-hydrogen) atoms. The number of aromatic nitrogens is 2. The minimum atomic E-state index is 0.580. The van der Waals surface area contributed by atoms with Crippen LogP contribution in [-0.2, 0) is 13.1 Å². The molecule has 1 aliphatic heterocycles. The van der Waals surface area contributed by atoms with Crippen molar-refractivity contribution in [3.05, 3.63) is 89.8 Å². The summed E-state index contributed by atoms with van der Waals surface area (Å²) in [5, 5.41) is 13.4. The van der Waals surface area contributed by atoms with Gasteiger partial charge in [-0.25, -0.2) is 0 Å². The maximum atomic E-state index is 8.91. The van der Waals surface area contributed by atoms with Crippen LogP contribution >= 0.6 is 50.4 Å². The summed E-state index contributed by atoms with van der Waals surface area (Å²) in [4.78, 5) is 3.43. The van der Waals surface area contributed by atoms with E-state index in [1.807, 2.05) is 0 Å². The van der Waals surface area contributed by atoms with E-state index in [2.05, 4.69) is 110 Å². The number of hydrogen-bond acceptors (Lipinski definition) is 5. The SMILES string of the molecule is CCn1c(=N)/c(=C2\Sc3cc(Br)ccc3N2C)s/c1=C\c1scc[n+]1Cc1ccccc1. The van der Waals surface area contributed by atoms with Crippen molar-refractivity contribution < 1.29 is 4.57 Å². The molecule has 162 valence electrons. The number of nitrogens with one attached hydrogen (secondary N) is 1. The second kappa shape index (κ2) is 9.02. The molecule has 0 saturated heterocycles. The molecule has 0 saturated carbocycles. The van der Waals surface area contributed by atoms with Gasteiger partial charge < -0.3 is 9.47 Å². The van der Waals surface area contributed by atoms with Crippen LogP contribution in [0.4, 0.5) is 5.69 Å². The molecular weight excluding hydrogens is 520 g/mol. The Bertz CT molecular complexity index is 1470. The van der Waals surface area contributed by atoms with Crippen LogP contribution in [-0.4, -0.2) is 11.6 Å². The van der Waals surface area contributed by atoms with E-state index in [-0.39, 0.29) is 0 Å². The van der Waals surface area contributed by atoms with Crippen molar-refractivity contribution in [2.75, 3.05) is 11.9 Å². The zero-order valence-electron chi connectivity index (χ0n) is 17.7. The number of anilines is 1. The Morgan fingerprint density at radius 1 is 1.16 bits per heavy atom. The molecule has 0 atom stereocenters. The van der Waals surface area contributed by atoms with Crippen molar-refractivity contribution >= 4 is 67.2 Å². The molecule has 4 aromatic rings. The van der Waals surface area contributed by atoms with Crippen LogP contribution in [0, 0.1) is 5.41 Å². The quantitative estimate of drug-likeness (QED) is 0.390. The van der Waals surface area contributed by atoms with Crippen molar-refractivity contribution in [2.45, 2.75) is 24.9 Å². The normalized spacial score (nSPS) is 15.5. The Labute approximate surface area is 207 Å². The zero-order chi connectivity index (χ0) is 22.2. The van der Waals surface area contributed by atoms with Gasteiger partial charge in [0.05, 0.1) is 17.1 Å². The maximum absolute atomic E-state index is 8.91. The van der Waals surface area contributed by atoms with Crippen LogP contribution < -0.4 is 24.1 Å². The number of hydrogen-bond donors (Lipinski definition) is 1. The molecule has 2 aromatic carbocycles. The molecule has 0 bridgehead atoms. The van der Waals surface area contributed by atoms with Crippen LogP contribution in [0.15, 0.2) is 69.5 Å². The molecule has 0 spiro atoms. The monoisotopic (exact) mass is 541 g/mol. The summed E-state index contributed by atoms with van der Waals surface area (Å²) in [6.07, 6.45) is 4.37. The fourth-order valence-electron chi connectivity index (χ4n) is 3.78. The van der Waals surface area contributed by atoms with Crippen LogP contribution in [0.5, 0.6) is 0 Å². The number of thiazole rings is 2. The molecule has 0 amide bonds. The lowest BCUT2D eigenvalue weighted by molar-refractivity contribution is -0.685. The number of nitrogens with zero attached hydrogens (tertiary/aromatic N) is 3. The van der Waals surface area contributed by atoms with Gasteiger partial charge in [-0.3, -0.25) is 5.41 Å². The van der Waals surface area contributed by atoms with Crippen molar-refractivity contribution in [3.8, 4) is 0 Å². The highest BCUT2D eigenvalue weighted by Gasteiger charge is 2.24. The van der Waals surface area contributed by atoms with Crippen LogP contribution in [0.25, 0.3) is 11.1 Å². The van der Waals surface area contributed by atoms with Gasteiger partial charge >= 0.3 is 0 Å². The van der Waals surface area contributed by atoms with E-state index in [4.69, 9.17) is 5.41 Å². The zero-order valence-corrected chi connectivity index (χ0v) is 21.7. The van der Waals surface area contributed by atoms with Gasteiger partial charge in [0, 0.05) is 28.5 Å². The Kier molecular flexibility index (Phi) is 6.11. The van der Waals surface area contributed by atoms with Crippen LogP contribution in [0.1, 0.15) is 17.5 Å². The molecular formula is C24H22BrN4S3+. The van der Waals surface area contributed by atoms with E-state index >= 15 is 0 Å². The highest BCUT2D eigenvalue weighted by atomic mass is 79.9. The molecule has 1 aliphatic rings. The lowest BCUT2D eigenvalue weighted by Crippen LogP contribution is -2.36. The first-order valence-electron chi connectivity index (χ1n) is 10.3. The number of halogens is 1. The van der Waals surface area contributed by atoms with Gasteiger partial charge in [0.2, 0.25) is 0 Å². The van der Waals surface area contributed by atoms with Gasteiger partial charge in [0.25, 0.3) is 5.01 Å². The van der Waals surface area contributed by atoms with Gasteiger partial charge in [0.15, 0.2) is 12.7 Å².